The molecule has 3 aromatic rings. The Hall–Kier alpha value is -3.99. The first-order valence-electron chi connectivity index (χ1n) is 9.41. The van der Waals surface area contributed by atoms with Crippen molar-refractivity contribution >= 4 is 23.5 Å². The molecule has 0 saturated heterocycles. The van der Waals surface area contributed by atoms with Crippen LogP contribution in [0, 0.1) is 5.82 Å². The molecule has 30 heavy (non-hydrogen) atoms. The number of halogens is 1. The minimum atomic E-state index is -0.867. The van der Waals surface area contributed by atoms with Gasteiger partial charge >= 0.3 is 0 Å². The van der Waals surface area contributed by atoms with E-state index in [4.69, 9.17) is 0 Å². The first-order chi connectivity index (χ1) is 14.6. The molecule has 1 amide bonds. The fourth-order valence-corrected chi connectivity index (χ4v) is 3.50. The molecular weight excluding hydrogens is 381 g/mol. The summed E-state index contributed by atoms with van der Waals surface area (Å²) in [5, 5.41) is 10.6. The van der Waals surface area contributed by atoms with Crippen molar-refractivity contribution in [3.63, 3.8) is 0 Å². The summed E-state index contributed by atoms with van der Waals surface area (Å²) in [5.41, 5.74) is 1.82. The lowest BCUT2D eigenvalue weighted by Gasteiger charge is -2.26. The number of anilines is 1. The van der Waals surface area contributed by atoms with Crippen LogP contribution in [0.2, 0.25) is 0 Å². The Bertz CT molecular complexity index is 1140. The van der Waals surface area contributed by atoms with Gasteiger partial charge in [-0.2, -0.15) is 0 Å². The smallest absolute Gasteiger partial charge is 0.294 e. The third kappa shape index (κ3) is 3.65. The minimum Gasteiger partial charge on any atom is -0.503 e. The van der Waals surface area contributed by atoms with Gasteiger partial charge in [-0.25, -0.2) is 4.39 Å². The molecule has 0 aliphatic carbocycles. The highest BCUT2D eigenvalue weighted by Gasteiger charge is 2.43. The number of benzene rings is 3. The molecule has 3 aromatic carbocycles. The highest BCUT2D eigenvalue weighted by atomic mass is 19.1. The molecule has 4 nitrogen and oxygen atoms in total. The van der Waals surface area contributed by atoms with Gasteiger partial charge in [0.1, 0.15) is 5.82 Å². The van der Waals surface area contributed by atoms with Gasteiger partial charge in [0.2, 0.25) is 0 Å². The van der Waals surface area contributed by atoms with Gasteiger partial charge in [0.15, 0.2) is 11.5 Å². The third-order valence-corrected chi connectivity index (χ3v) is 4.92. The third-order valence-electron chi connectivity index (χ3n) is 4.92. The maximum Gasteiger partial charge on any atom is 0.294 e. The van der Waals surface area contributed by atoms with Crippen molar-refractivity contribution < 1.29 is 19.1 Å². The summed E-state index contributed by atoms with van der Waals surface area (Å²) in [4.78, 5) is 27.3. The second-order valence-corrected chi connectivity index (χ2v) is 6.84. The van der Waals surface area contributed by atoms with Gasteiger partial charge in [0.05, 0.1) is 11.6 Å². The van der Waals surface area contributed by atoms with Gasteiger partial charge in [-0.3, -0.25) is 14.5 Å². The van der Waals surface area contributed by atoms with E-state index in [-0.39, 0.29) is 5.57 Å². The van der Waals surface area contributed by atoms with E-state index >= 15 is 0 Å². The lowest BCUT2D eigenvalue weighted by Crippen LogP contribution is -2.30. The molecule has 1 aliphatic heterocycles. The summed E-state index contributed by atoms with van der Waals surface area (Å²) in [6.07, 6.45) is 2.96. The second-order valence-electron chi connectivity index (χ2n) is 6.84. The van der Waals surface area contributed by atoms with E-state index in [9.17, 15) is 19.1 Å². The normalized spacial score (nSPS) is 16.5. The number of ketones is 1. The molecule has 148 valence electrons. The number of allylic oxidation sites excluding steroid dienone is 1. The van der Waals surface area contributed by atoms with Gasteiger partial charge in [-0.1, -0.05) is 66.7 Å². The number of rotatable bonds is 5. The van der Waals surface area contributed by atoms with Crippen molar-refractivity contribution in [3.05, 3.63) is 119 Å². The Labute approximate surface area is 173 Å². The van der Waals surface area contributed by atoms with Crippen LogP contribution in [-0.4, -0.2) is 16.8 Å². The summed E-state index contributed by atoms with van der Waals surface area (Å²) in [5.74, 6) is -2.19. The number of amides is 1. The van der Waals surface area contributed by atoms with E-state index in [0.29, 0.717) is 11.3 Å². The molecule has 0 saturated carbocycles. The molecule has 0 fully saturated rings. The van der Waals surface area contributed by atoms with E-state index in [0.717, 1.165) is 5.56 Å². The van der Waals surface area contributed by atoms with Crippen LogP contribution in [-0.2, 0) is 9.59 Å². The largest absolute Gasteiger partial charge is 0.503 e. The summed E-state index contributed by atoms with van der Waals surface area (Å²) >= 11 is 0. The number of para-hydroxylation sites is 1. The first-order valence-corrected chi connectivity index (χ1v) is 9.41. The summed E-state index contributed by atoms with van der Waals surface area (Å²) < 4.78 is 13.5. The van der Waals surface area contributed by atoms with E-state index in [1.807, 2.05) is 30.3 Å². The van der Waals surface area contributed by atoms with E-state index in [1.54, 1.807) is 36.4 Å². The molecule has 1 aliphatic rings. The Morgan fingerprint density at radius 1 is 0.900 bits per heavy atom. The van der Waals surface area contributed by atoms with Crippen LogP contribution in [0.4, 0.5) is 10.1 Å². The summed E-state index contributed by atoms with van der Waals surface area (Å²) in [6, 6.07) is 22.7. The molecule has 1 atom stereocenters. The Balaban J connectivity index is 1.78. The van der Waals surface area contributed by atoms with Crippen molar-refractivity contribution in [3.8, 4) is 0 Å². The SMILES string of the molecule is O=C(C=Cc1ccccc1)C1=C(O)C(=O)N(c2ccccc2)C1c1ccc(F)cc1. The predicted octanol–water partition coefficient (Wildman–Crippen LogP) is 5.01. The highest BCUT2D eigenvalue weighted by molar-refractivity contribution is 6.19. The topological polar surface area (TPSA) is 57.6 Å². The Kier molecular flexibility index (Phi) is 5.26. The van der Waals surface area contributed by atoms with E-state index in [1.165, 1.54) is 35.2 Å². The minimum absolute atomic E-state index is 0.0392. The molecular formula is C25H18FNO3. The van der Waals surface area contributed by atoms with Crippen molar-refractivity contribution in [1.82, 2.24) is 0 Å². The molecule has 0 aromatic heterocycles. The van der Waals surface area contributed by atoms with Crippen LogP contribution in [0.25, 0.3) is 6.08 Å². The van der Waals surface area contributed by atoms with E-state index < -0.39 is 29.3 Å². The molecule has 5 heteroatoms. The molecule has 4 rings (SSSR count). The average Bonchev–Trinajstić information content (AvgIpc) is 3.04. The van der Waals surface area contributed by atoms with Crippen LogP contribution in [0.15, 0.2) is 102 Å². The zero-order valence-electron chi connectivity index (χ0n) is 15.9. The number of nitrogens with zero attached hydrogens (tertiary/aromatic N) is 1. The number of aliphatic hydroxyl groups excluding tert-OH is 1. The van der Waals surface area contributed by atoms with Crippen molar-refractivity contribution in [2.75, 3.05) is 4.90 Å². The molecule has 0 spiro atoms. The Morgan fingerprint density at radius 2 is 1.50 bits per heavy atom. The fourth-order valence-electron chi connectivity index (χ4n) is 3.50. The van der Waals surface area contributed by atoms with Gasteiger partial charge < -0.3 is 5.11 Å². The maximum absolute atomic E-state index is 13.5. The van der Waals surface area contributed by atoms with Crippen LogP contribution >= 0.6 is 0 Å². The molecule has 0 bridgehead atoms. The zero-order chi connectivity index (χ0) is 21.1. The number of aliphatic hydroxyl groups is 1. The standard InChI is InChI=1S/C25H18FNO3/c26-19-14-12-18(13-15-19)23-22(21(28)16-11-17-7-3-1-4-8-17)24(29)25(30)27(23)20-9-5-2-6-10-20/h1-16,23,29H. The average molecular weight is 399 g/mol. The zero-order valence-corrected chi connectivity index (χ0v) is 15.9. The van der Waals surface area contributed by atoms with Gasteiger partial charge in [0, 0.05) is 5.69 Å². The molecule has 0 radical (unpaired) electrons. The fraction of sp³-hybridized carbons (Fsp3) is 0.0400. The second kappa shape index (κ2) is 8.17. The molecule has 1 N–H and O–H groups in total. The van der Waals surface area contributed by atoms with Crippen molar-refractivity contribution in [1.29, 1.82) is 0 Å². The molecule has 1 heterocycles. The predicted molar refractivity (Wildman–Crippen MR) is 113 cm³/mol. The van der Waals surface area contributed by atoms with Gasteiger partial charge in [0.25, 0.3) is 5.91 Å². The lowest BCUT2D eigenvalue weighted by atomic mass is 9.95. The monoisotopic (exact) mass is 399 g/mol. The number of hydrogen-bond donors (Lipinski definition) is 1. The quantitative estimate of drug-likeness (QED) is 0.614. The first kappa shape index (κ1) is 19.3. The van der Waals surface area contributed by atoms with Crippen molar-refractivity contribution in [2.24, 2.45) is 0 Å². The highest BCUT2D eigenvalue weighted by Crippen LogP contribution is 2.41. The summed E-state index contributed by atoms with van der Waals surface area (Å²) in [7, 11) is 0. The number of carbonyl (C=O) groups excluding carboxylic acids is 2. The maximum atomic E-state index is 13.5. The summed E-state index contributed by atoms with van der Waals surface area (Å²) in [6.45, 7) is 0. The van der Waals surface area contributed by atoms with Crippen LogP contribution in [0.3, 0.4) is 0 Å². The van der Waals surface area contributed by atoms with Gasteiger partial charge in [-0.15, -0.1) is 0 Å². The van der Waals surface area contributed by atoms with Crippen LogP contribution in [0.1, 0.15) is 17.2 Å². The van der Waals surface area contributed by atoms with Crippen LogP contribution < -0.4 is 4.90 Å². The molecule has 1 unspecified atom stereocenters. The van der Waals surface area contributed by atoms with Gasteiger partial charge in [-0.05, 0) is 41.5 Å². The van der Waals surface area contributed by atoms with Crippen molar-refractivity contribution in [2.45, 2.75) is 6.04 Å². The Morgan fingerprint density at radius 3 is 2.13 bits per heavy atom. The number of hydrogen-bond acceptors (Lipinski definition) is 3. The lowest BCUT2D eigenvalue weighted by molar-refractivity contribution is -0.117. The number of carbonyl (C=O) groups is 2. The van der Waals surface area contributed by atoms with Crippen LogP contribution in [0.5, 0.6) is 0 Å². The van der Waals surface area contributed by atoms with E-state index in [2.05, 4.69) is 0 Å².